The molecular weight excluding hydrogens is 485 g/mol. The van der Waals surface area contributed by atoms with Crippen LogP contribution in [0.5, 0.6) is 5.75 Å². The molecule has 0 fully saturated rings. The van der Waals surface area contributed by atoms with Gasteiger partial charge in [0, 0.05) is 41.0 Å². The molecule has 0 aromatic heterocycles. The van der Waals surface area contributed by atoms with E-state index in [4.69, 9.17) is 4.74 Å². The molecule has 0 aliphatic rings. The zero-order valence-electron chi connectivity index (χ0n) is 16.5. The molecule has 2 aromatic rings. The fourth-order valence-corrected chi connectivity index (χ4v) is 3.59. The van der Waals surface area contributed by atoms with Gasteiger partial charge in [0.05, 0.1) is 13.2 Å². The summed E-state index contributed by atoms with van der Waals surface area (Å²) in [5.74, 6) is 2.75. The molecule has 0 saturated carbocycles. The number of guanidine groups is 1. The summed E-state index contributed by atoms with van der Waals surface area (Å²) in [6, 6.07) is 17.9. The summed E-state index contributed by atoms with van der Waals surface area (Å²) in [5.41, 5.74) is 2.15. The lowest BCUT2D eigenvalue weighted by Gasteiger charge is -2.12. The van der Waals surface area contributed by atoms with Crippen molar-refractivity contribution >= 4 is 40.7 Å². The number of benzene rings is 2. The summed E-state index contributed by atoms with van der Waals surface area (Å²) in [7, 11) is -0.903. The molecule has 0 saturated heterocycles. The zero-order chi connectivity index (χ0) is 19.3. The topological polar surface area (TPSA) is 62.7 Å². The van der Waals surface area contributed by atoms with Gasteiger partial charge in [0.15, 0.2) is 5.96 Å². The Morgan fingerprint density at radius 1 is 1.04 bits per heavy atom. The Kier molecular flexibility index (Phi) is 12.6. The van der Waals surface area contributed by atoms with E-state index >= 15 is 0 Å². The van der Waals surface area contributed by atoms with Gasteiger partial charge in [-0.1, -0.05) is 48.5 Å². The van der Waals surface area contributed by atoms with Gasteiger partial charge in [-0.05, 0) is 25.5 Å². The lowest BCUT2D eigenvalue weighted by atomic mass is 10.2. The second-order valence-corrected chi connectivity index (χ2v) is 7.51. The van der Waals surface area contributed by atoms with Crippen molar-refractivity contribution in [1.82, 2.24) is 10.6 Å². The first kappa shape index (κ1) is 24.4. The molecule has 1 unspecified atom stereocenters. The van der Waals surface area contributed by atoms with Gasteiger partial charge in [-0.2, -0.15) is 0 Å². The first-order valence-corrected chi connectivity index (χ1v) is 10.8. The Morgan fingerprint density at radius 2 is 1.75 bits per heavy atom. The van der Waals surface area contributed by atoms with Crippen LogP contribution >= 0.6 is 24.0 Å². The van der Waals surface area contributed by atoms with E-state index in [1.165, 1.54) is 0 Å². The predicted octanol–water partition coefficient (Wildman–Crippen LogP) is 3.71. The van der Waals surface area contributed by atoms with E-state index in [9.17, 15) is 4.21 Å². The number of ether oxygens (including phenoxy) is 1. The number of hydrogen-bond acceptors (Lipinski definition) is 3. The average molecular weight is 515 g/mol. The number of rotatable bonds is 10. The van der Waals surface area contributed by atoms with Crippen molar-refractivity contribution in [3.05, 3.63) is 65.7 Å². The monoisotopic (exact) mass is 515 g/mol. The number of aliphatic imine (C=N–C) groups is 1. The van der Waals surface area contributed by atoms with Gasteiger partial charge >= 0.3 is 0 Å². The summed E-state index contributed by atoms with van der Waals surface area (Å²) in [4.78, 5) is 4.62. The number of nitrogens with zero attached hydrogens (tertiary/aromatic N) is 1. The van der Waals surface area contributed by atoms with Crippen LogP contribution in [0.3, 0.4) is 0 Å². The highest BCUT2D eigenvalue weighted by atomic mass is 127. The van der Waals surface area contributed by atoms with Gasteiger partial charge in [0.1, 0.15) is 5.75 Å². The van der Waals surface area contributed by atoms with Gasteiger partial charge in [-0.15, -0.1) is 24.0 Å². The molecule has 0 radical (unpaired) electrons. The van der Waals surface area contributed by atoms with E-state index in [-0.39, 0.29) is 24.0 Å². The van der Waals surface area contributed by atoms with E-state index < -0.39 is 10.8 Å². The normalized spacial score (nSPS) is 12.0. The third kappa shape index (κ3) is 9.05. The Hall–Kier alpha value is -1.61. The van der Waals surface area contributed by atoms with Crippen LogP contribution in [-0.4, -0.2) is 35.6 Å². The van der Waals surface area contributed by atoms with Crippen LogP contribution in [0.4, 0.5) is 0 Å². The molecule has 0 heterocycles. The maximum Gasteiger partial charge on any atom is 0.191 e. The van der Waals surface area contributed by atoms with E-state index in [1.54, 1.807) is 0 Å². The smallest absolute Gasteiger partial charge is 0.191 e. The molecule has 1 atom stereocenters. The van der Waals surface area contributed by atoms with Crippen molar-refractivity contribution < 1.29 is 8.95 Å². The molecule has 0 amide bonds. The van der Waals surface area contributed by atoms with Crippen molar-refractivity contribution in [2.24, 2.45) is 4.99 Å². The highest BCUT2D eigenvalue weighted by Gasteiger charge is 2.05. The number of para-hydroxylation sites is 1. The van der Waals surface area contributed by atoms with Gasteiger partial charge in [-0.25, -0.2) is 4.99 Å². The summed E-state index contributed by atoms with van der Waals surface area (Å²) < 4.78 is 17.9. The second kappa shape index (κ2) is 14.4. The molecule has 7 heteroatoms. The van der Waals surface area contributed by atoms with E-state index in [0.717, 1.165) is 29.4 Å². The lowest BCUT2D eigenvalue weighted by molar-refractivity contribution is 0.336. The van der Waals surface area contributed by atoms with Crippen LogP contribution in [0, 0.1) is 0 Å². The van der Waals surface area contributed by atoms with Crippen LogP contribution in [0.15, 0.2) is 59.6 Å². The van der Waals surface area contributed by atoms with Gasteiger partial charge < -0.3 is 15.4 Å². The van der Waals surface area contributed by atoms with Crippen molar-refractivity contribution in [2.75, 3.05) is 25.4 Å². The Morgan fingerprint density at radius 3 is 2.46 bits per heavy atom. The average Bonchev–Trinajstić information content (AvgIpc) is 2.68. The van der Waals surface area contributed by atoms with Crippen LogP contribution in [0.2, 0.25) is 0 Å². The summed E-state index contributed by atoms with van der Waals surface area (Å²) >= 11 is 0. The lowest BCUT2D eigenvalue weighted by Crippen LogP contribution is -2.39. The number of nitrogens with one attached hydrogen (secondary N) is 2. The highest BCUT2D eigenvalue weighted by molar-refractivity contribution is 14.0. The molecule has 2 rings (SSSR count). The Bertz CT molecular complexity index is 741. The molecule has 0 bridgehead atoms. The van der Waals surface area contributed by atoms with Crippen LogP contribution < -0.4 is 15.4 Å². The zero-order valence-corrected chi connectivity index (χ0v) is 19.7. The third-order valence-corrected chi connectivity index (χ3v) is 5.13. The first-order chi connectivity index (χ1) is 13.2. The molecule has 28 heavy (non-hydrogen) atoms. The quantitative estimate of drug-likeness (QED) is 0.288. The van der Waals surface area contributed by atoms with Crippen molar-refractivity contribution in [3.63, 3.8) is 0 Å². The minimum atomic E-state index is -0.903. The Labute approximate surface area is 187 Å². The molecule has 5 nitrogen and oxygen atoms in total. The summed E-state index contributed by atoms with van der Waals surface area (Å²) in [5, 5.41) is 6.49. The molecule has 0 aliphatic carbocycles. The molecule has 154 valence electrons. The fourth-order valence-electron chi connectivity index (χ4n) is 2.55. The SMILES string of the molecule is CCNC(=NCc1ccccc1OCC)NCCS(=O)Cc1ccccc1.I. The van der Waals surface area contributed by atoms with Gasteiger partial charge in [0.25, 0.3) is 0 Å². The van der Waals surface area contributed by atoms with E-state index in [1.807, 2.05) is 68.4 Å². The van der Waals surface area contributed by atoms with Gasteiger partial charge in [-0.3, -0.25) is 4.21 Å². The largest absolute Gasteiger partial charge is 0.494 e. The maximum atomic E-state index is 12.2. The molecule has 2 N–H and O–H groups in total. The van der Waals surface area contributed by atoms with Crippen LogP contribution in [0.25, 0.3) is 0 Å². The highest BCUT2D eigenvalue weighted by Crippen LogP contribution is 2.18. The Balaban J connectivity index is 0.00000392. The van der Waals surface area contributed by atoms with Crippen LogP contribution in [-0.2, 0) is 23.1 Å². The predicted molar refractivity (Wildman–Crippen MR) is 129 cm³/mol. The maximum absolute atomic E-state index is 12.2. The third-order valence-electron chi connectivity index (χ3n) is 3.82. The van der Waals surface area contributed by atoms with Crippen molar-refractivity contribution in [1.29, 1.82) is 0 Å². The first-order valence-electron chi connectivity index (χ1n) is 9.34. The molecule has 0 aliphatic heterocycles. The van der Waals surface area contributed by atoms with E-state index in [0.29, 0.717) is 31.2 Å². The minimum Gasteiger partial charge on any atom is -0.494 e. The van der Waals surface area contributed by atoms with Gasteiger partial charge in [0.2, 0.25) is 0 Å². The van der Waals surface area contributed by atoms with Crippen molar-refractivity contribution in [2.45, 2.75) is 26.1 Å². The molecule has 2 aromatic carbocycles. The summed E-state index contributed by atoms with van der Waals surface area (Å²) in [6.45, 7) is 6.54. The minimum absolute atomic E-state index is 0. The second-order valence-electron chi connectivity index (χ2n) is 5.94. The van der Waals surface area contributed by atoms with Crippen molar-refractivity contribution in [3.8, 4) is 5.75 Å². The molecule has 0 spiro atoms. The number of halogens is 1. The summed E-state index contributed by atoms with van der Waals surface area (Å²) in [6.07, 6.45) is 0. The standard InChI is InChI=1S/C21H29N3O2S.HI/c1-3-22-21(24-16-19-12-8-9-13-20(19)26-4-2)23-14-15-27(25)17-18-10-6-5-7-11-18;/h5-13H,3-4,14-17H2,1-2H3,(H2,22,23,24);1H. The molecular formula is C21H30IN3O2S. The fraction of sp³-hybridized carbons (Fsp3) is 0.381. The van der Waals surface area contributed by atoms with E-state index in [2.05, 4.69) is 15.6 Å². The van der Waals surface area contributed by atoms with Crippen LogP contribution in [0.1, 0.15) is 25.0 Å². The number of hydrogen-bond donors (Lipinski definition) is 2.